The van der Waals surface area contributed by atoms with Crippen LogP contribution in [0.3, 0.4) is 0 Å². The van der Waals surface area contributed by atoms with Crippen LogP contribution in [0, 0.1) is 5.41 Å². The summed E-state index contributed by atoms with van der Waals surface area (Å²) < 4.78 is 4.95. The van der Waals surface area contributed by atoms with Crippen LogP contribution >= 0.6 is 0 Å². The van der Waals surface area contributed by atoms with Crippen LogP contribution in [0.4, 0.5) is 0 Å². The lowest BCUT2D eigenvalue weighted by molar-refractivity contribution is -0.149. The number of aliphatic hydroxyl groups excluding tert-OH is 1. The monoisotopic (exact) mass is 256 g/mol. The standard InChI is InChI=1S/C13H24N2O3/c1-4-18-12(17)13(2,3)15-10-11(9-14)7-5-6-8-16/h9-10,14-16H,4-8H2,1-3H3/b11-10-,14-9?. The Kier molecular flexibility index (Phi) is 8.03. The Hall–Kier alpha value is -1.36. The van der Waals surface area contributed by atoms with Gasteiger partial charge < -0.3 is 20.6 Å². The lowest BCUT2D eigenvalue weighted by atomic mass is 10.1. The molecule has 0 radical (unpaired) electrons. The van der Waals surface area contributed by atoms with Gasteiger partial charge in [-0.25, -0.2) is 4.79 Å². The lowest BCUT2D eigenvalue weighted by Gasteiger charge is -2.23. The average Bonchev–Trinajstić information content (AvgIpc) is 2.34. The van der Waals surface area contributed by atoms with Gasteiger partial charge in [0, 0.05) is 19.0 Å². The molecule has 0 aromatic heterocycles. The fourth-order valence-corrected chi connectivity index (χ4v) is 1.27. The van der Waals surface area contributed by atoms with Gasteiger partial charge in [0.05, 0.1) is 6.61 Å². The molecule has 0 rings (SSSR count). The van der Waals surface area contributed by atoms with Gasteiger partial charge in [-0.2, -0.15) is 0 Å². The quantitative estimate of drug-likeness (QED) is 0.332. The van der Waals surface area contributed by atoms with E-state index >= 15 is 0 Å². The average molecular weight is 256 g/mol. The summed E-state index contributed by atoms with van der Waals surface area (Å²) in [5.74, 6) is -0.319. The Balaban J connectivity index is 4.37. The SMILES string of the molecule is CCOC(=O)C(C)(C)N/C=C(\C=N)CCCCO. The number of unbranched alkanes of at least 4 members (excludes halogenated alkanes) is 1. The third-order valence-electron chi connectivity index (χ3n) is 2.46. The molecule has 0 unspecified atom stereocenters. The molecule has 5 nitrogen and oxygen atoms in total. The molecular formula is C13H24N2O3. The number of ether oxygens (including phenoxy) is 1. The van der Waals surface area contributed by atoms with Crippen LogP contribution in [0.15, 0.2) is 11.8 Å². The van der Waals surface area contributed by atoms with Gasteiger partial charge >= 0.3 is 5.97 Å². The molecule has 0 aliphatic rings. The number of rotatable bonds is 9. The highest BCUT2D eigenvalue weighted by Crippen LogP contribution is 2.08. The predicted octanol–water partition coefficient (Wildman–Crippen LogP) is 1.61. The van der Waals surface area contributed by atoms with Crippen molar-refractivity contribution >= 4 is 12.2 Å². The summed E-state index contributed by atoms with van der Waals surface area (Å²) in [5, 5.41) is 18.9. The molecule has 18 heavy (non-hydrogen) atoms. The summed E-state index contributed by atoms with van der Waals surface area (Å²) in [4.78, 5) is 11.6. The third kappa shape index (κ3) is 6.39. The van der Waals surface area contributed by atoms with Crippen LogP contribution in [0.1, 0.15) is 40.0 Å². The molecule has 0 aliphatic heterocycles. The molecule has 0 amide bonds. The van der Waals surface area contributed by atoms with Crippen LogP contribution in [0.25, 0.3) is 0 Å². The molecule has 0 aliphatic carbocycles. The summed E-state index contributed by atoms with van der Waals surface area (Å²) in [6.45, 7) is 5.74. The molecule has 0 saturated carbocycles. The first-order valence-corrected chi connectivity index (χ1v) is 6.23. The summed E-state index contributed by atoms with van der Waals surface area (Å²) >= 11 is 0. The third-order valence-corrected chi connectivity index (χ3v) is 2.46. The van der Waals surface area contributed by atoms with Gasteiger partial charge in [0.25, 0.3) is 0 Å². The van der Waals surface area contributed by atoms with Gasteiger partial charge in [-0.1, -0.05) is 0 Å². The van der Waals surface area contributed by atoms with E-state index in [9.17, 15) is 4.79 Å². The van der Waals surface area contributed by atoms with Gasteiger partial charge in [0.2, 0.25) is 0 Å². The van der Waals surface area contributed by atoms with Gasteiger partial charge in [-0.3, -0.25) is 0 Å². The summed E-state index contributed by atoms with van der Waals surface area (Å²) in [7, 11) is 0. The number of carbonyl (C=O) groups excluding carboxylic acids is 1. The second kappa shape index (κ2) is 8.69. The largest absolute Gasteiger partial charge is 0.464 e. The van der Waals surface area contributed by atoms with Crippen molar-refractivity contribution in [1.82, 2.24) is 5.32 Å². The number of esters is 1. The maximum atomic E-state index is 11.6. The molecule has 0 fully saturated rings. The van der Waals surface area contributed by atoms with E-state index in [1.165, 1.54) is 6.21 Å². The van der Waals surface area contributed by atoms with E-state index < -0.39 is 5.54 Å². The van der Waals surface area contributed by atoms with E-state index in [0.29, 0.717) is 19.4 Å². The molecule has 0 heterocycles. The molecule has 0 saturated heterocycles. The number of carbonyl (C=O) groups is 1. The van der Waals surface area contributed by atoms with E-state index in [-0.39, 0.29) is 12.6 Å². The number of nitrogens with one attached hydrogen (secondary N) is 2. The van der Waals surface area contributed by atoms with E-state index in [1.807, 2.05) is 0 Å². The minimum atomic E-state index is -0.804. The van der Waals surface area contributed by atoms with Crippen molar-refractivity contribution in [3.05, 3.63) is 11.8 Å². The Labute approximate surface area is 109 Å². The zero-order valence-electron chi connectivity index (χ0n) is 11.5. The van der Waals surface area contributed by atoms with Gasteiger partial charge in [-0.05, 0) is 45.6 Å². The van der Waals surface area contributed by atoms with E-state index in [1.54, 1.807) is 27.0 Å². The van der Waals surface area contributed by atoms with Gasteiger partial charge in [0.1, 0.15) is 5.54 Å². The second-order valence-corrected chi connectivity index (χ2v) is 4.53. The topological polar surface area (TPSA) is 82.4 Å². The summed E-state index contributed by atoms with van der Waals surface area (Å²) in [6.07, 6.45) is 5.16. The van der Waals surface area contributed by atoms with E-state index in [0.717, 1.165) is 12.0 Å². The highest BCUT2D eigenvalue weighted by Gasteiger charge is 2.27. The smallest absolute Gasteiger partial charge is 0.331 e. The van der Waals surface area contributed by atoms with Gasteiger partial charge in [0.15, 0.2) is 0 Å². The molecule has 0 spiro atoms. The van der Waals surface area contributed by atoms with Crippen LogP contribution < -0.4 is 5.32 Å². The maximum absolute atomic E-state index is 11.6. The highest BCUT2D eigenvalue weighted by atomic mass is 16.5. The van der Waals surface area contributed by atoms with Gasteiger partial charge in [-0.15, -0.1) is 0 Å². The van der Waals surface area contributed by atoms with Crippen molar-refractivity contribution in [2.75, 3.05) is 13.2 Å². The normalized spacial score (nSPS) is 12.1. The maximum Gasteiger partial charge on any atom is 0.331 e. The highest BCUT2D eigenvalue weighted by molar-refractivity contribution is 5.80. The second-order valence-electron chi connectivity index (χ2n) is 4.53. The first-order valence-electron chi connectivity index (χ1n) is 6.23. The Bertz CT molecular complexity index is 299. The zero-order chi connectivity index (χ0) is 14.0. The zero-order valence-corrected chi connectivity index (χ0v) is 11.5. The number of hydrogen-bond acceptors (Lipinski definition) is 5. The predicted molar refractivity (Wildman–Crippen MR) is 71.7 cm³/mol. The molecule has 0 bridgehead atoms. The summed E-state index contributed by atoms with van der Waals surface area (Å²) in [5.41, 5.74) is -0.0119. The van der Waals surface area contributed by atoms with Crippen LogP contribution in [0.2, 0.25) is 0 Å². The van der Waals surface area contributed by atoms with E-state index in [4.69, 9.17) is 15.3 Å². The molecule has 3 N–H and O–H groups in total. The summed E-state index contributed by atoms with van der Waals surface area (Å²) in [6, 6.07) is 0. The molecule has 104 valence electrons. The number of allylic oxidation sites excluding steroid dienone is 1. The first-order chi connectivity index (χ1) is 8.47. The van der Waals surface area contributed by atoms with Crippen molar-refractivity contribution in [1.29, 1.82) is 5.41 Å². The number of hydrogen-bond donors (Lipinski definition) is 3. The van der Waals surface area contributed by atoms with Crippen molar-refractivity contribution in [2.24, 2.45) is 0 Å². The van der Waals surface area contributed by atoms with E-state index in [2.05, 4.69) is 5.32 Å². The van der Waals surface area contributed by atoms with Crippen molar-refractivity contribution in [3.63, 3.8) is 0 Å². The Morgan fingerprint density at radius 3 is 2.61 bits per heavy atom. The van der Waals surface area contributed by atoms with Crippen molar-refractivity contribution in [2.45, 2.75) is 45.6 Å². The van der Waals surface area contributed by atoms with Crippen molar-refractivity contribution < 1.29 is 14.6 Å². The minimum absolute atomic E-state index is 0.160. The molecule has 0 atom stereocenters. The minimum Gasteiger partial charge on any atom is -0.464 e. The molecule has 0 aromatic rings. The molecule has 0 aromatic carbocycles. The molecule has 5 heteroatoms. The number of aliphatic hydroxyl groups is 1. The Morgan fingerprint density at radius 2 is 2.11 bits per heavy atom. The molecular weight excluding hydrogens is 232 g/mol. The Morgan fingerprint density at radius 1 is 1.44 bits per heavy atom. The lowest BCUT2D eigenvalue weighted by Crippen LogP contribution is -2.45. The van der Waals surface area contributed by atoms with Crippen LogP contribution in [-0.2, 0) is 9.53 Å². The van der Waals surface area contributed by atoms with Crippen LogP contribution in [-0.4, -0.2) is 36.0 Å². The fourth-order valence-electron chi connectivity index (χ4n) is 1.27. The first kappa shape index (κ1) is 16.6. The van der Waals surface area contributed by atoms with Crippen LogP contribution in [0.5, 0.6) is 0 Å². The fraction of sp³-hybridized carbons (Fsp3) is 0.692. The van der Waals surface area contributed by atoms with Crippen molar-refractivity contribution in [3.8, 4) is 0 Å².